The van der Waals surface area contributed by atoms with Crippen LogP contribution in [0.1, 0.15) is 43.0 Å². The van der Waals surface area contributed by atoms with Gasteiger partial charge in [0.2, 0.25) is 0 Å². The number of hydrogen-bond acceptors (Lipinski definition) is 3. The van der Waals surface area contributed by atoms with E-state index in [0.717, 1.165) is 18.2 Å². The summed E-state index contributed by atoms with van der Waals surface area (Å²) in [6.07, 6.45) is 4.42. The Bertz CT molecular complexity index is 367. The molecule has 1 aliphatic carbocycles. The molecule has 3 atom stereocenters. The van der Waals surface area contributed by atoms with E-state index in [4.69, 9.17) is 5.73 Å². The Morgan fingerprint density at radius 1 is 1.41 bits per heavy atom. The van der Waals surface area contributed by atoms with Gasteiger partial charge in [-0.05, 0) is 36.8 Å². The zero-order chi connectivity index (χ0) is 12.3. The van der Waals surface area contributed by atoms with Crippen LogP contribution in [0, 0.1) is 0 Å². The Balaban J connectivity index is 1.91. The minimum Gasteiger partial charge on any atom is -0.324 e. The van der Waals surface area contributed by atoms with Crippen LogP contribution in [0.3, 0.4) is 0 Å². The first-order chi connectivity index (χ1) is 8.22. The molecule has 3 unspecified atom stereocenters. The maximum Gasteiger partial charge on any atom is 0.0341 e. The fraction of sp³-hybridized carbons (Fsp3) is 0.571. The average Bonchev–Trinajstić information content (AvgIpc) is 2.67. The molecule has 2 rings (SSSR count). The molecule has 0 spiro atoms. The molecule has 17 heavy (non-hydrogen) atoms. The normalized spacial score (nSPS) is 24.6. The van der Waals surface area contributed by atoms with Gasteiger partial charge in [-0.3, -0.25) is 0 Å². The van der Waals surface area contributed by atoms with E-state index in [9.17, 15) is 0 Å². The van der Waals surface area contributed by atoms with Crippen LogP contribution in [-0.2, 0) is 0 Å². The van der Waals surface area contributed by atoms with Crippen LogP contribution in [0.5, 0.6) is 0 Å². The summed E-state index contributed by atoms with van der Waals surface area (Å²) >= 11 is 1.93. The Morgan fingerprint density at radius 2 is 2.12 bits per heavy atom. The second-order valence-electron chi connectivity index (χ2n) is 4.81. The minimum absolute atomic E-state index is 0.210. The Morgan fingerprint density at radius 3 is 2.82 bits per heavy atom. The summed E-state index contributed by atoms with van der Waals surface area (Å²) in [5, 5.41) is 4.37. The molecule has 94 valence electrons. The monoisotopic (exact) mass is 250 g/mol. The third-order valence-corrected chi connectivity index (χ3v) is 4.64. The topological polar surface area (TPSA) is 38.0 Å². The molecule has 0 heterocycles. The highest BCUT2D eigenvalue weighted by molar-refractivity contribution is 7.99. The van der Waals surface area contributed by atoms with E-state index in [2.05, 4.69) is 42.8 Å². The molecule has 0 saturated carbocycles. The van der Waals surface area contributed by atoms with Crippen molar-refractivity contribution in [1.82, 2.24) is 5.32 Å². The van der Waals surface area contributed by atoms with Crippen molar-refractivity contribution in [2.45, 2.75) is 37.1 Å². The highest BCUT2D eigenvalue weighted by Crippen LogP contribution is 2.36. The van der Waals surface area contributed by atoms with Crippen molar-refractivity contribution in [3.05, 3.63) is 35.4 Å². The summed E-state index contributed by atoms with van der Waals surface area (Å²) < 4.78 is 0. The highest BCUT2D eigenvalue weighted by Gasteiger charge is 2.27. The van der Waals surface area contributed by atoms with Crippen LogP contribution in [0.2, 0.25) is 0 Å². The van der Waals surface area contributed by atoms with Gasteiger partial charge < -0.3 is 11.1 Å². The first-order valence-corrected chi connectivity index (χ1v) is 7.61. The zero-order valence-corrected chi connectivity index (χ0v) is 11.5. The first-order valence-electron chi connectivity index (χ1n) is 6.33. The summed E-state index contributed by atoms with van der Waals surface area (Å²) in [6, 6.07) is 9.22. The lowest BCUT2D eigenvalue weighted by atomic mass is 10.1. The van der Waals surface area contributed by atoms with Crippen molar-refractivity contribution < 1.29 is 0 Å². The molecule has 1 aromatic carbocycles. The number of nitrogens with two attached hydrogens (primary N) is 1. The van der Waals surface area contributed by atoms with Gasteiger partial charge in [0.25, 0.3) is 0 Å². The summed E-state index contributed by atoms with van der Waals surface area (Å²) in [5.41, 5.74) is 8.87. The molecule has 1 aromatic rings. The second kappa shape index (κ2) is 5.89. The van der Waals surface area contributed by atoms with Crippen LogP contribution in [-0.4, -0.2) is 18.1 Å². The molecule has 0 radical (unpaired) electrons. The fourth-order valence-corrected chi connectivity index (χ4v) is 2.80. The van der Waals surface area contributed by atoms with Crippen molar-refractivity contribution in [2.24, 2.45) is 5.73 Å². The number of nitrogens with one attached hydrogen (secondary N) is 1. The molecule has 1 aliphatic rings. The molecule has 0 amide bonds. The van der Waals surface area contributed by atoms with E-state index in [0.29, 0.717) is 6.04 Å². The van der Waals surface area contributed by atoms with Crippen LogP contribution < -0.4 is 11.1 Å². The van der Waals surface area contributed by atoms with Crippen molar-refractivity contribution in [3.8, 4) is 0 Å². The smallest absolute Gasteiger partial charge is 0.0341 e. The maximum atomic E-state index is 6.15. The van der Waals surface area contributed by atoms with Gasteiger partial charge in [-0.25, -0.2) is 0 Å². The van der Waals surface area contributed by atoms with Crippen LogP contribution in [0.15, 0.2) is 24.3 Å². The number of hydrogen-bond donors (Lipinski definition) is 2. The average molecular weight is 250 g/mol. The number of rotatable bonds is 5. The van der Waals surface area contributed by atoms with Crippen LogP contribution in [0.4, 0.5) is 0 Å². The van der Waals surface area contributed by atoms with Crippen LogP contribution >= 0.6 is 11.8 Å². The van der Waals surface area contributed by atoms with Crippen molar-refractivity contribution >= 4 is 11.8 Å². The van der Waals surface area contributed by atoms with Crippen molar-refractivity contribution in [1.29, 1.82) is 0 Å². The molecule has 0 aliphatic heterocycles. The largest absolute Gasteiger partial charge is 0.324 e. The van der Waals surface area contributed by atoms with Crippen molar-refractivity contribution in [2.75, 3.05) is 12.8 Å². The molecular weight excluding hydrogens is 228 g/mol. The van der Waals surface area contributed by atoms with E-state index in [1.807, 2.05) is 11.8 Å². The number of thioether (sulfide) groups is 1. The Hall–Kier alpha value is -0.510. The summed E-state index contributed by atoms with van der Waals surface area (Å²) in [4.78, 5) is 0. The lowest BCUT2D eigenvalue weighted by Gasteiger charge is -2.15. The highest BCUT2D eigenvalue weighted by atomic mass is 32.2. The van der Waals surface area contributed by atoms with Gasteiger partial charge in [0.05, 0.1) is 0 Å². The van der Waals surface area contributed by atoms with Gasteiger partial charge >= 0.3 is 0 Å². The van der Waals surface area contributed by atoms with E-state index < -0.39 is 0 Å². The van der Waals surface area contributed by atoms with Gasteiger partial charge in [0.15, 0.2) is 0 Å². The molecule has 0 bridgehead atoms. The molecule has 0 fully saturated rings. The quantitative estimate of drug-likeness (QED) is 0.844. The van der Waals surface area contributed by atoms with Gasteiger partial charge in [0.1, 0.15) is 0 Å². The maximum absolute atomic E-state index is 6.15. The Kier molecular flexibility index (Phi) is 4.48. The fourth-order valence-electron chi connectivity index (χ4n) is 2.45. The lowest BCUT2D eigenvalue weighted by Crippen LogP contribution is -2.23. The van der Waals surface area contributed by atoms with E-state index in [1.165, 1.54) is 17.5 Å². The molecular formula is C14H22N2S. The molecule has 3 N–H and O–H groups in total. The summed E-state index contributed by atoms with van der Waals surface area (Å²) in [6.45, 7) is 3.36. The summed E-state index contributed by atoms with van der Waals surface area (Å²) in [7, 11) is 0. The van der Waals surface area contributed by atoms with E-state index in [1.54, 1.807) is 0 Å². The van der Waals surface area contributed by atoms with Gasteiger partial charge in [-0.2, -0.15) is 11.8 Å². The first kappa shape index (κ1) is 12.9. The predicted octanol–water partition coefficient (Wildman–Crippen LogP) is 2.86. The predicted molar refractivity (Wildman–Crippen MR) is 76.3 cm³/mol. The number of fused-ring (bicyclic) bond motifs is 1. The lowest BCUT2D eigenvalue weighted by molar-refractivity contribution is 0.492. The molecule has 2 nitrogen and oxygen atoms in total. The van der Waals surface area contributed by atoms with Crippen LogP contribution in [0.25, 0.3) is 0 Å². The van der Waals surface area contributed by atoms with E-state index in [-0.39, 0.29) is 6.04 Å². The number of benzene rings is 1. The third kappa shape index (κ3) is 3.03. The SMILES string of the molecule is CSC(C)CCNC1CC(N)c2ccccc21. The second-order valence-corrected chi connectivity index (χ2v) is 6.09. The molecule has 3 heteroatoms. The van der Waals surface area contributed by atoms with Gasteiger partial charge in [0, 0.05) is 17.3 Å². The molecule has 0 saturated heterocycles. The summed E-state index contributed by atoms with van der Waals surface area (Å²) in [5.74, 6) is 0. The molecule has 0 aromatic heterocycles. The van der Waals surface area contributed by atoms with Gasteiger partial charge in [-0.15, -0.1) is 0 Å². The minimum atomic E-state index is 0.210. The Labute approximate surface area is 108 Å². The standard InChI is InChI=1S/C14H22N2S/c1-10(17-2)7-8-16-14-9-13(15)11-5-3-4-6-12(11)14/h3-6,10,13-14,16H,7-9,15H2,1-2H3. The third-order valence-electron chi connectivity index (χ3n) is 3.60. The zero-order valence-electron chi connectivity index (χ0n) is 10.6. The van der Waals surface area contributed by atoms with Gasteiger partial charge in [-0.1, -0.05) is 31.2 Å². The van der Waals surface area contributed by atoms with Crippen molar-refractivity contribution in [3.63, 3.8) is 0 Å². The van der Waals surface area contributed by atoms with E-state index >= 15 is 0 Å².